The Hall–Kier alpha value is -2.31. The van der Waals surface area contributed by atoms with Crippen LogP contribution in [0.2, 0.25) is 0 Å². The molecule has 0 aliphatic rings. The minimum atomic E-state index is -4.20. The summed E-state index contributed by atoms with van der Waals surface area (Å²) in [7, 11) is -2.58. The molecule has 22 heavy (non-hydrogen) atoms. The maximum atomic E-state index is 11.3. The molecule has 3 aromatic rings. The highest BCUT2D eigenvalue weighted by atomic mass is 32.2. The molecule has 0 saturated carbocycles. The SMILES string of the molecule is COc1ccc(Cn2ccc3ccc(S(=O)(=O)O)cc32)cc1. The first-order valence-corrected chi connectivity index (χ1v) is 8.11. The van der Waals surface area contributed by atoms with Crippen LogP contribution in [0.5, 0.6) is 5.75 Å². The van der Waals surface area contributed by atoms with Crippen molar-refractivity contribution < 1.29 is 17.7 Å². The third-order valence-electron chi connectivity index (χ3n) is 3.56. The van der Waals surface area contributed by atoms with Crippen molar-refractivity contribution in [1.82, 2.24) is 4.57 Å². The van der Waals surface area contributed by atoms with E-state index in [4.69, 9.17) is 4.74 Å². The summed E-state index contributed by atoms with van der Waals surface area (Å²) in [6.45, 7) is 0.600. The molecule has 0 radical (unpaired) electrons. The summed E-state index contributed by atoms with van der Waals surface area (Å²) in [5, 5.41) is 0.918. The Kier molecular flexibility index (Phi) is 3.64. The Morgan fingerprint density at radius 1 is 1.09 bits per heavy atom. The Balaban J connectivity index is 1.99. The number of hydrogen-bond acceptors (Lipinski definition) is 3. The van der Waals surface area contributed by atoms with Gasteiger partial charge in [0.1, 0.15) is 5.75 Å². The first-order chi connectivity index (χ1) is 10.5. The van der Waals surface area contributed by atoms with E-state index in [0.717, 1.165) is 22.2 Å². The van der Waals surface area contributed by atoms with Crippen LogP contribution in [0.4, 0.5) is 0 Å². The van der Waals surface area contributed by atoms with Crippen LogP contribution in [0.1, 0.15) is 5.56 Å². The van der Waals surface area contributed by atoms with Gasteiger partial charge in [-0.3, -0.25) is 4.55 Å². The molecule has 6 heteroatoms. The Morgan fingerprint density at radius 3 is 2.45 bits per heavy atom. The fraction of sp³-hybridized carbons (Fsp3) is 0.125. The van der Waals surface area contributed by atoms with Crippen molar-refractivity contribution >= 4 is 21.0 Å². The topological polar surface area (TPSA) is 68.5 Å². The number of hydrogen-bond donors (Lipinski definition) is 1. The van der Waals surface area contributed by atoms with Gasteiger partial charge in [0.25, 0.3) is 10.1 Å². The molecule has 114 valence electrons. The van der Waals surface area contributed by atoms with E-state index < -0.39 is 10.1 Å². The third-order valence-corrected chi connectivity index (χ3v) is 4.40. The average Bonchev–Trinajstić information content (AvgIpc) is 2.89. The van der Waals surface area contributed by atoms with Crippen LogP contribution in [-0.4, -0.2) is 24.6 Å². The van der Waals surface area contributed by atoms with Crippen molar-refractivity contribution in [2.45, 2.75) is 11.4 Å². The largest absolute Gasteiger partial charge is 0.497 e. The van der Waals surface area contributed by atoms with E-state index in [-0.39, 0.29) is 4.90 Å². The smallest absolute Gasteiger partial charge is 0.294 e. The molecule has 0 bridgehead atoms. The summed E-state index contributed by atoms with van der Waals surface area (Å²) < 4.78 is 38.8. The van der Waals surface area contributed by atoms with E-state index >= 15 is 0 Å². The summed E-state index contributed by atoms with van der Waals surface area (Å²) in [6.07, 6.45) is 1.89. The normalized spacial score (nSPS) is 11.7. The molecule has 3 rings (SSSR count). The monoisotopic (exact) mass is 317 g/mol. The highest BCUT2D eigenvalue weighted by molar-refractivity contribution is 7.85. The molecule has 0 fully saturated rings. The van der Waals surface area contributed by atoms with Crippen molar-refractivity contribution in [3.05, 3.63) is 60.3 Å². The van der Waals surface area contributed by atoms with Gasteiger partial charge in [-0.2, -0.15) is 8.42 Å². The van der Waals surface area contributed by atoms with Crippen molar-refractivity contribution in [3.8, 4) is 5.75 Å². The van der Waals surface area contributed by atoms with Gasteiger partial charge < -0.3 is 9.30 Å². The predicted octanol–water partition coefficient (Wildman–Crippen LogP) is 2.94. The van der Waals surface area contributed by atoms with Crippen LogP contribution in [0, 0.1) is 0 Å². The Morgan fingerprint density at radius 2 is 1.82 bits per heavy atom. The van der Waals surface area contributed by atoms with E-state index in [0.29, 0.717) is 6.54 Å². The number of benzene rings is 2. The van der Waals surface area contributed by atoms with E-state index in [2.05, 4.69) is 0 Å². The molecular formula is C16H15NO4S. The zero-order valence-corrected chi connectivity index (χ0v) is 12.7. The Bertz CT molecular complexity index is 911. The lowest BCUT2D eigenvalue weighted by Crippen LogP contribution is -2.01. The van der Waals surface area contributed by atoms with Crippen LogP contribution in [0.15, 0.2) is 59.6 Å². The molecule has 5 nitrogen and oxygen atoms in total. The summed E-state index contributed by atoms with van der Waals surface area (Å²) in [6, 6.07) is 14.1. The van der Waals surface area contributed by atoms with Gasteiger partial charge in [0.2, 0.25) is 0 Å². The second kappa shape index (κ2) is 5.47. The van der Waals surface area contributed by atoms with Crippen LogP contribution in [0.3, 0.4) is 0 Å². The average molecular weight is 317 g/mol. The fourth-order valence-electron chi connectivity index (χ4n) is 2.39. The van der Waals surface area contributed by atoms with Crippen LogP contribution in [-0.2, 0) is 16.7 Å². The quantitative estimate of drug-likeness (QED) is 0.751. The van der Waals surface area contributed by atoms with E-state index in [9.17, 15) is 13.0 Å². The number of aromatic nitrogens is 1. The van der Waals surface area contributed by atoms with Crippen molar-refractivity contribution in [3.63, 3.8) is 0 Å². The molecule has 0 aliphatic carbocycles. The second-order valence-electron chi connectivity index (χ2n) is 4.99. The fourth-order valence-corrected chi connectivity index (χ4v) is 2.89. The van der Waals surface area contributed by atoms with Gasteiger partial charge in [-0.1, -0.05) is 18.2 Å². The summed E-state index contributed by atoms with van der Waals surface area (Å²) in [4.78, 5) is -0.102. The molecule has 0 aliphatic heterocycles. The Labute approximate surface area is 128 Å². The minimum absolute atomic E-state index is 0.102. The first kappa shape index (κ1) is 14.6. The lowest BCUT2D eigenvalue weighted by molar-refractivity contribution is 0.414. The lowest BCUT2D eigenvalue weighted by Gasteiger charge is -2.07. The number of ether oxygens (including phenoxy) is 1. The maximum Gasteiger partial charge on any atom is 0.294 e. The number of rotatable bonds is 4. The van der Waals surface area contributed by atoms with Gasteiger partial charge in [-0.15, -0.1) is 0 Å². The standard InChI is InChI=1S/C16H15NO4S/c1-21-14-5-2-12(3-6-14)11-17-9-8-13-4-7-15(10-16(13)17)22(18,19)20/h2-10H,11H2,1H3,(H,18,19,20). The highest BCUT2D eigenvalue weighted by Gasteiger charge is 2.11. The number of methoxy groups -OCH3 is 1. The van der Waals surface area contributed by atoms with E-state index in [1.165, 1.54) is 12.1 Å². The van der Waals surface area contributed by atoms with E-state index in [1.54, 1.807) is 13.2 Å². The molecule has 1 aromatic heterocycles. The van der Waals surface area contributed by atoms with Crippen molar-refractivity contribution in [2.24, 2.45) is 0 Å². The van der Waals surface area contributed by atoms with Crippen LogP contribution < -0.4 is 4.74 Å². The third kappa shape index (κ3) is 2.84. The van der Waals surface area contributed by atoms with E-state index in [1.807, 2.05) is 41.1 Å². The van der Waals surface area contributed by atoms with Gasteiger partial charge in [0, 0.05) is 18.3 Å². The second-order valence-corrected chi connectivity index (χ2v) is 6.41. The van der Waals surface area contributed by atoms with Gasteiger partial charge in [0.05, 0.1) is 12.0 Å². The number of fused-ring (bicyclic) bond motifs is 1. The minimum Gasteiger partial charge on any atom is -0.497 e. The molecule has 1 heterocycles. The molecule has 1 N–H and O–H groups in total. The van der Waals surface area contributed by atoms with Gasteiger partial charge in [-0.25, -0.2) is 0 Å². The molecule has 2 aromatic carbocycles. The maximum absolute atomic E-state index is 11.3. The van der Waals surface area contributed by atoms with Crippen molar-refractivity contribution in [2.75, 3.05) is 7.11 Å². The lowest BCUT2D eigenvalue weighted by atomic mass is 10.2. The van der Waals surface area contributed by atoms with Gasteiger partial charge in [-0.05, 0) is 41.3 Å². The number of nitrogens with zero attached hydrogens (tertiary/aromatic N) is 1. The molecule has 0 saturated heterocycles. The zero-order valence-electron chi connectivity index (χ0n) is 11.9. The van der Waals surface area contributed by atoms with Gasteiger partial charge >= 0.3 is 0 Å². The van der Waals surface area contributed by atoms with Gasteiger partial charge in [0.15, 0.2) is 0 Å². The molecule has 0 spiro atoms. The summed E-state index contributed by atoms with van der Waals surface area (Å²) in [5.74, 6) is 0.787. The highest BCUT2D eigenvalue weighted by Crippen LogP contribution is 2.22. The first-order valence-electron chi connectivity index (χ1n) is 6.67. The van der Waals surface area contributed by atoms with Crippen LogP contribution >= 0.6 is 0 Å². The summed E-state index contributed by atoms with van der Waals surface area (Å²) >= 11 is 0. The van der Waals surface area contributed by atoms with Crippen LogP contribution in [0.25, 0.3) is 10.9 Å². The molecule has 0 unspecified atom stereocenters. The van der Waals surface area contributed by atoms with Crippen molar-refractivity contribution in [1.29, 1.82) is 0 Å². The molecular weight excluding hydrogens is 302 g/mol. The predicted molar refractivity (Wildman–Crippen MR) is 83.8 cm³/mol. The summed E-state index contributed by atoms with van der Waals surface area (Å²) in [5.41, 5.74) is 1.82. The zero-order chi connectivity index (χ0) is 15.7. The molecule has 0 atom stereocenters. The molecule has 0 amide bonds.